The SMILES string of the molecule is CC(NC(=NCC1(CCO)CCCCC1)NCCc1ccco1)c1ccccc1. The van der Waals surface area contributed by atoms with E-state index in [9.17, 15) is 5.11 Å². The summed E-state index contributed by atoms with van der Waals surface area (Å²) in [5.74, 6) is 1.80. The molecule has 1 fully saturated rings. The average molecular weight is 398 g/mol. The van der Waals surface area contributed by atoms with Gasteiger partial charge in [0.1, 0.15) is 5.76 Å². The van der Waals surface area contributed by atoms with Crippen molar-refractivity contribution < 1.29 is 9.52 Å². The standard InChI is InChI=1S/C24H35N3O2/c1-20(21-9-4-2-5-10-21)27-23(25-16-12-22-11-8-18-29-22)26-19-24(15-17-28)13-6-3-7-14-24/h2,4-5,8-11,18,20,28H,3,6-7,12-17,19H2,1H3,(H2,25,26,27). The fourth-order valence-corrected chi connectivity index (χ4v) is 4.21. The fourth-order valence-electron chi connectivity index (χ4n) is 4.21. The molecule has 0 radical (unpaired) electrons. The molecule has 1 unspecified atom stereocenters. The first kappa shape index (κ1) is 21.4. The van der Waals surface area contributed by atoms with Crippen LogP contribution in [0.1, 0.15) is 62.8 Å². The second kappa shape index (κ2) is 11.1. The van der Waals surface area contributed by atoms with Gasteiger partial charge in [-0.25, -0.2) is 0 Å². The van der Waals surface area contributed by atoms with E-state index < -0.39 is 0 Å². The number of nitrogens with one attached hydrogen (secondary N) is 2. The van der Waals surface area contributed by atoms with Gasteiger partial charge in [-0.3, -0.25) is 4.99 Å². The van der Waals surface area contributed by atoms with Gasteiger partial charge in [0, 0.05) is 26.1 Å². The van der Waals surface area contributed by atoms with Crippen molar-refractivity contribution in [2.75, 3.05) is 19.7 Å². The van der Waals surface area contributed by atoms with Crippen LogP contribution >= 0.6 is 0 Å². The number of hydrogen-bond acceptors (Lipinski definition) is 3. The van der Waals surface area contributed by atoms with Gasteiger partial charge in [-0.2, -0.15) is 0 Å². The summed E-state index contributed by atoms with van der Waals surface area (Å²) in [5, 5.41) is 16.6. The van der Waals surface area contributed by atoms with Crippen LogP contribution < -0.4 is 10.6 Å². The molecule has 0 spiro atoms. The minimum Gasteiger partial charge on any atom is -0.469 e. The molecular formula is C24H35N3O2. The third-order valence-corrected chi connectivity index (χ3v) is 6.03. The number of rotatable bonds is 9. The largest absolute Gasteiger partial charge is 0.469 e. The van der Waals surface area contributed by atoms with Crippen LogP contribution in [0.3, 0.4) is 0 Å². The van der Waals surface area contributed by atoms with Crippen LogP contribution in [0.15, 0.2) is 58.1 Å². The zero-order chi connectivity index (χ0) is 20.4. The Balaban J connectivity index is 1.66. The van der Waals surface area contributed by atoms with Crippen molar-refractivity contribution in [1.29, 1.82) is 0 Å². The molecule has 0 saturated heterocycles. The van der Waals surface area contributed by atoms with Crippen LogP contribution in [0.5, 0.6) is 0 Å². The van der Waals surface area contributed by atoms with Crippen molar-refractivity contribution in [3.8, 4) is 0 Å². The highest BCUT2D eigenvalue weighted by molar-refractivity contribution is 5.80. The molecule has 1 aromatic carbocycles. The van der Waals surface area contributed by atoms with Crippen LogP contribution in [0.2, 0.25) is 0 Å². The summed E-state index contributed by atoms with van der Waals surface area (Å²) < 4.78 is 5.44. The van der Waals surface area contributed by atoms with Crippen LogP contribution in [-0.2, 0) is 6.42 Å². The van der Waals surface area contributed by atoms with Gasteiger partial charge >= 0.3 is 0 Å². The van der Waals surface area contributed by atoms with E-state index in [1.807, 2.05) is 18.2 Å². The van der Waals surface area contributed by atoms with Gasteiger partial charge in [-0.05, 0) is 49.3 Å². The van der Waals surface area contributed by atoms with Gasteiger partial charge < -0.3 is 20.2 Å². The first-order valence-electron chi connectivity index (χ1n) is 10.9. The molecule has 29 heavy (non-hydrogen) atoms. The van der Waals surface area contributed by atoms with E-state index >= 15 is 0 Å². The van der Waals surface area contributed by atoms with E-state index in [0.29, 0.717) is 0 Å². The second-order valence-corrected chi connectivity index (χ2v) is 8.23. The lowest BCUT2D eigenvalue weighted by atomic mass is 9.72. The Morgan fingerprint density at radius 3 is 2.62 bits per heavy atom. The number of aliphatic hydroxyl groups is 1. The lowest BCUT2D eigenvalue weighted by molar-refractivity contribution is 0.137. The summed E-state index contributed by atoms with van der Waals surface area (Å²) in [6.45, 7) is 3.91. The van der Waals surface area contributed by atoms with E-state index in [1.165, 1.54) is 24.8 Å². The van der Waals surface area contributed by atoms with Crippen molar-refractivity contribution in [3.63, 3.8) is 0 Å². The summed E-state index contributed by atoms with van der Waals surface area (Å²) in [4.78, 5) is 4.98. The quantitative estimate of drug-likeness (QED) is 0.432. The molecule has 1 saturated carbocycles. The zero-order valence-electron chi connectivity index (χ0n) is 17.6. The predicted molar refractivity (Wildman–Crippen MR) is 118 cm³/mol. The first-order valence-corrected chi connectivity index (χ1v) is 10.9. The van der Waals surface area contributed by atoms with Gasteiger partial charge in [0.05, 0.1) is 12.3 Å². The maximum absolute atomic E-state index is 9.60. The van der Waals surface area contributed by atoms with E-state index in [-0.39, 0.29) is 18.1 Å². The van der Waals surface area contributed by atoms with E-state index in [1.54, 1.807) is 6.26 Å². The molecule has 3 rings (SSSR count). The van der Waals surface area contributed by atoms with Crippen molar-refractivity contribution in [2.45, 2.75) is 57.9 Å². The lowest BCUT2D eigenvalue weighted by Crippen LogP contribution is -2.41. The maximum Gasteiger partial charge on any atom is 0.191 e. The van der Waals surface area contributed by atoms with Gasteiger partial charge in [0.25, 0.3) is 0 Å². The molecule has 158 valence electrons. The van der Waals surface area contributed by atoms with E-state index in [4.69, 9.17) is 9.41 Å². The number of aliphatic imine (C=N–C) groups is 1. The highest BCUT2D eigenvalue weighted by Gasteiger charge is 2.31. The summed E-state index contributed by atoms with van der Waals surface area (Å²) >= 11 is 0. The van der Waals surface area contributed by atoms with Crippen LogP contribution in [-0.4, -0.2) is 30.8 Å². The van der Waals surface area contributed by atoms with E-state index in [2.05, 4.69) is 41.8 Å². The predicted octanol–water partition coefficient (Wildman–Crippen LogP) is 4.45. The molecule has 1 aromatic heterocycles. The molecule has 0 aliphatic heterocycles. The number of nitrogens with zero attached hydrogens (tertiary/aromatic N) is 1. The molecule has 0 bridgehead atoms. The summed E-state index contributed by atoms with van der Waals surface area (Å²) in [7, 11) is 0. The van der Waals surface area contributed by atoms with Gasteiger partial charge in [0.15, 0.2) is 5.96 Å². The van der Waals surface area contributed by atoms with Crippen LogP contribution in [0.25, 0.3) is 0 Å². The Morgan fingerprint density at radius 2 is 1.93 bits per heavy atom. The molecule has 0 amide bonds. The van der Waals surface area contributed by atoms with Crippen molar-refractivity contribution in [2.24, 2.45) is 10.4 Å². The topological polar surface area (TPSA) is 69.8 Å². The monoisotopic (exact) mass is 397 g/mol. The number of benzene rings is 1. The van der Waals surface area contributed by atoms with Crippen LogP contribution in [0.4, 0.5) is 0 Å². The highest BCUT2D eigenvalue weighted by Crippen LogP contribution is 2.39. The molecule has 1 heterocycles. The molecule has 5 nitrogen and oxygen atoms in total. The Labute approximate surface area is 174 Å². The van der Waals surface area contributed by atoms with Gasteiger partial charge in [-0.1, -0.05) is 49.6 Å². The minimum absolute atomic E-state index is 0.138. The first-order chi connectivity index (χ1) is 14.2. The molecule has 2 aromatic rings. The fraction of sp³-hybridized carbons (Fsp3) is 0.542. The van der Waals surface area contributed by atoms with Gasteiger partial charge in [0.2, 0.25) is 0 Å². The normalized spacial score (nSPS) is 17.7. The molecule has 1 aliphatic rings. The summed E-state index contributed by atoms with van der Waals surface area (Å²) in [5.41, 5.74) is 1.37. The number of furan rings is 1. The summed E-state index contributed by atoms with van der Waals surface area (Å²) in [6, 6.07) is 14.5. The highest BCUT2D eigenvalue weighted by atomic mass is 16.3. The van der Waals surface area contributed by atoms with Crippen LogP contribution in [0, 0.1) is 5.41 Å². The smallest absolute Gasteiger partial charge is 0.191 e. The van der Waals surface area contributed by atoms with Crippen molar-refractivity contribution in [3.05, 3.63) is 60.1 Å². The van der Waals surface area contributed by atoms with Crippen molar-refractivity contribution >= 4 is 5.96 Å². The summed E-state index contributed by atoms with van der Waals surface area (Å²) in [6.07, 6.45) is 9.46. The second-order valence-electron chi connectivity index (χ2n) is 8.23. The third-order valence-electron chi connectivity index (χ3n) is 6.03. The minimum atomic E-state index is 0.138. The Hall–Kier alpha value is -2.27. The lowest BCUT2D eigenvalue weighted by Gasteiger charge is -2.36. The molecular weight excluding hydrogens is 362 g/mol. The molecule has 1 aliphatic carbocycles. The molecule has 5 heteroatoms. The molecule has 3 N–H and O–H groups in total. The third kappa shape index (κ3) is 6.64. The van der Waals surface area contributed by atoms with E-state index in [0.717, 1.165) is 50.5 Å². The Morgan fingerprint density at radius 1 is 1.14 bits per heavy atom. The van der Waals surface area contributed by atoms with Gasteiger partial charge in [-0.15, -0.1) is 0 Å². The zero-order valence-corrected chi connectivity index (χ0v) is 17.6. The number of aliphatic hydroxyl groups excluding tert-OH is 1. The average Bonchev–Trinajstić information content (AvgIpc) is 3.27. The Bertz CT molecular complexity index is 716. The molecule has 1 atom stereocenters. The van der Waals surface area contributed by atoms with Crippen molar-refractivity contribution in [1.82, 2.24) is 10.6 Å². The number of guanidine groups is 1. The number of hydrogen-bond donors (Lipinski definition) is 3. The maximum atomic E-state index is 9.60. The Kier molecular flexibility index (Phi) is 8.17.